The first-order chi connectivity index (χ1) is 15.2. The number of hydrogen-bond acceptors (Lipinski definition) is 6. The van der Waals surface area contributed by atoms with Crippen LogP contribution in [0.25, 0.3) is 0 Å². The lowest BCUT2D eigenvalue weighted by molar-refractivity contribution is -0.394. The zero-order chi connectivity index (χ0) is 23.3. The molecule has 3 aromatic carbocycles. The summed E-state index contributed by atoms with van der Waals surface area (Å²) in [6, 6.07) is 16.5. The Morgan fingerprint density at radius 2 is 1.44 bits per heavy atom. The molecule has 0 fully saturated rings. The van der Waals surface area contributed by atoms with Crippen LogP contribution < -0.4 is 10.6 Å². The van der Waals surface area contributed by atoms with Crippen molar-refractivity contribution in [2.24, 2.45) is 0 Å². The summed E-state index contributed by atoms with van der Waals surface area (Å²) in [5.41, 5.74) is 0.868. The van der Waals surface area contributed by atoms with Gasteiger partial charge in [0.25, 0.3) is 23.2 Å². The highest BCUT2D eigenvalue weighted by atomic mass is 16.6. The van der Waals surface area contributed by atoms with Gasteiger partial charge in [0.05, 0.1) is 32.7 Å². The van der Waals surface area contributed by atoms with E-state index in [1.807, 2.05) is 31.2 Å². The molecule has 0 aliphatic rings. The van der Waals surface area contributed by atoms with Crippen LogP contribution in [0.4, 0.5) is 17.1 Å². The fourth-order valence-corrected chi connectivity index (χ4v) is 2.91. The lowest BCUT2D eigenvalue weighted by Crippen LogP contribution is -2.25. The highest BCUT2D eigenvalue weighted by Crippen LogP contribution is 2.24. The van der Waals surface area contributed by atoms with Gasteiger partial charge in [-0.15, -0.1) is 0 Å². The zero-order valence-corrected chi connectivity index (χ0v) is 16.9. The number of aryl methyl sites for hydroxylation is 1. The Morgan fingerprint density at radius 3 is 2.03 bits per heavy atom. The van der Waals surface area contributed by atoms with Crippen LogP contribution in [0.15, 0.2) is 66.7 Å². The summed E-state index contributed by atoms with van der Waals surface area (Å²) in [6.45, 7) is 2.23. The number of amides is 2. The average molecular weight is 434 g/mol. The molecule has 0 heterocycles. The van der Waals surface area contributed by atoms with E-state index >= 15 is 0 Å². The van der Waals surface area contributed by atoms with Crippen LogP contribution in [0.5, 0.6) is 0 Å². The summed E-state index contributed by atoms with van der Waals surface area (Å²) in [4.78, 5) is 45.8. The predicted molar refractivity (Wildman–Crippen MR) is 116 cm³/mol. The number of non-ortho nitro benzene ring substituents is 2. The zero-order valence-electron chi connectivity index (χ0n) is 16.9. The molecule has 2 N–H and O–H groups in total. The van der Waals surface area contributed by atoms with Gasteiger partial charge in [0.15, 0.2) is 0 Å². The quantitative estimate of drug-likeness (QED) is 0.425. The van der Waals surface area contributed by atoms with Gasteiger partial charge in [-0.25, -0.2) is 0 Å². The van der Waals surface area contributed by atoms with Crippen molar-refractivity contribution in [2.45, 2.75) is 13.5 Å². The van der Waals surface area contributed by atoms with E-state index in [0.29, 0.717) is 0 Å². The van der Waals surface area contributed by atoms with Crippen LogP contribution in [-0.2, 0) is 6.54 Å². The van der Waals surface area contributed by atoms with Crippen molar-refractivity contribution in [1.82, 2.24) is 5.32 Å². The first-order valence-corrected chi connectivity index (χ1v) is 9.42. The Balaban J connectivity index is 1.80. The Bertz CT molecular complexity index is 1180. The number of carbonyl (C=O) groups is 2. The Labute approximate surface area is 182 Å². The molecule has 3 aromatic rings. The molecule has 32 heavy (non-hydrogen) atoms. The molecular weight excluding hydrogens is 416 g/mol. The minimum absolute atomic E-state index is 0.160. The molecule has 0 atom stereocenters. The molecule has 3 rings (SSSR count). The van der Waals surface area contributed by atoms with Gasteiger partial charge in [-0.05, 0) is 24.6 Å². The van der Waals surface area contributed by atoms with Gasteiger partial charge in [-0.3, -0.25) is 29.8 Å². The van der Waals surface area contributed by atoms with E-state index in [1.54, 1.807) is 12.1 Å². The van der Waals surface area contributed by atoms with Crippen molar-refractivity contribution in [1.29, 1.82) is 0 Å². The molecule has 0 saturated heterocycles. The molecule has 162 valence electrons. The number of nitro groups is 2. The van der Waals surface area contributed by atoms with Crippen molar-refractivity contribution < 1.29 is 19.4 Å². The van der Waals surface area contributed by atoms with E-state index in [0.717, 1.165) is 29.3 Å². The van der Waals surface area contributed by atoms with E-state index in [-0.39, 0.29) is 23.4 Å². The van der Waals surface area contributed by atoms with Gasteiger partial charge in [0, 0.05) is 18.7 Å². The van der Waals surface area contributed by atoms with E-state index < -0.39 is 33.0 Å². The van der Waals surface area contributed by atoms with Gasteiger partial charge >= 0.3 is 0 Å². The van der Waals surface area contributed by atoms with Gasteiger partial charge in [0.2, 0.25) is 0 Å². The molecule has 0 unspecified atom stereocenters. The molecule has 2 amide bonds. The van der Waals surface area contributed by atoms with Gasteiger partial charge in [-0.1, -0.05) is 42.0 Å². The van der Waals surface area contributed by atoms with E-state index in [2.05, 4.69) is 10.6 Å². The van der Waals surface area contributed by atoms with Crippen molar-refractivity contribution in [3.63, 3.8) is 0 Å². The summed E-state index contributed by atoms with van der Waals surface area (Å²) in [7, 11) is 0. The molecule has 0 bridgehead atoms. The lowest BCUT2D eigenvalue weighted by atomic mass is 10.1. The summed E-state index contributed by atoms with van der Waals surface area (Å²) >= 11 is 0. The molecule has 0 saturated carbocycles. The maximum Gasteiger partial charge on any atom is 0.277 e. The highest BCUT2D eigenvalue weighted by molar-refractivity contribution is 6.09. The number of para-hydroxylation sites is 1. The molecule has 0 radical (unpaired) electrons. The van der Waals surface area contributed by atoms with E-state index in [9.17, 15) is 29.8 Å². The third kappa shape index (κ3) is 5.30. The number of anilines is 1. The van der Waals surface area contributed by atoms with Gasteiger partial charge in [0.1, 0.15) is 0 Å². The number of rotatable bonds is 7. The summed E-state index contributed by atoms with van der Waals surface area (Å²) in [5, 5.41) is 27.4. The van der Waals surface area contributed by atoms with Gasteiger partial charge < -0.3 is 10.6 Å². The number of nitrogens with one attached hydrogen (secondary N) is 2. The molecule has 0 aliphatic carbocycles. The molecule has 0 spiro atoms. The Kier molecular flexibility index (Phi) is 6.54. The smallest absolute Gasteiger partial charge is 0.277 e. The number of benzene rings is 3. The fraction of sp³-hybridized carbons (Fsp3) is 0.0909. The van der Waals surface area contributed by atoms with Crippen molar-refractivity contribution in [3.05, 3.63) is 109 Å². The van der Waals surface area contributed by atoms with Crippen molar-refractivity contribution in [3.8, 4) is 0 Å². The van der Waals surface area contributed by atoms with Crippen LogP contribution >= 0.6 is 0 Å². The topological polar surface area (TPSA) is 144 Å². The first kappa shape index (κ1) is 22.1. The minimum Gasteiger partial charge on any atom is -0.348 e. The number of nitrogens with zero attached hydrogens (tertiary/aromatic N) is 2. The Hall–Kier alpha value is -4.60. The SMILES string of the molecule is Cc1ccc(CNC(=O)c2ccccc2NC(=O)c2cc([N+](=O)[O-])cc([N+](=O)[O-])c2)cc1. The first-order valence-electron chi connectivity index (χ1n) is 9.42. The average Bonchev–Trinajstić information content (AvgIpc) is 2.78. The summed E-state index contributed by atoms with van der Waals surface area (Å²) < 4.78 is 0. The third-order valence-electron chi connectivity index (χ3n) is 4.58. The molecule has 10 heteroatoms. The maximum absolute atomic E-state index is 12.7. The molecule has 0 aromatic heterocycles. The predicted octanol–water partition coefficient (Wildman–Crippen LogP) is 3.99. The third-order valence-corrected chi connectivity index (χ3v) is 4.58. The second-order valence-electron chi connectivity index (χ2n) is 6.92. The molecular formula is C22H18N4O6. The van der Waals surface area contributed by atoms with Gasteiger partial charge in [-0.2, -0.15) is 0 Å². The van der Waals surface area contributed by atoms with Crippen LogP contribution in [0, 0.1) is 27.2 Å². The van der Waals surface area contributed by atoms with Crippen molar-refractivity contribution >= 4 is 28.9 Å². The number of nitro benzene ring substituents is 2. The van der Waals surface area contributed by atoms with Crippen molar-refractivity contribution in [2.75, 3.05) is 5.32 Å². The van der Waals surface area contributed by atoms with E-state index in [4.69, 9.17) is 0 Å². The maximum atomic E-state index is 12.7. The van der Waals surface area contributed by atoms with E-state index in [1.165, 1.54) is 12.1 Å². The molecule has 0 aliphatic heterocycles. The standard InChI is InChI=1S/C22H18N4O6/c1-14-6-8-15(9-7-14)13-23-22(28)19-4-2-3-5-20(19)24-21(27)16-10-17(25(29)30)12-18(11-16)26(31)32/h2-12H,13H2,1H3,(H,23,28)(H,24,27). The van der Waals surface area contributed by atoms with Crippen LogP contribution in [0.2, 0.25) is 0 Å². The number of carbonyl (C=O) groups excluding carboxylic acids is 2. The second-order valence-corrected chi connectivity index (χ2v) is 6.92. The van der Waals surface area contributed by atoms with Crippen LogP contribution in [0.3, 0.4) is 0 Å². The summed E-state index contributed by atoms with van der Waals surface area (Å²) in [5.74, 6) is -1.26. The normalized spacial score (nSPS) is 10.3. The summed E-state index contributed by atoms with van der Waals surface area (Å²) in [6.07, 6.45) is 0. The second kappa shape index (κ2) is 9.47. The molecule has 10 nitrogen and oxygen atoms in total. The van der Waals surface area contributed by atoms with Crippen LogP contribution in [-0.4, -0.2) is 21.7 Å². The monoisotopic (exact) mass is 434 g/mol. The number of hydrogen-bond donors (Lipinski definition) is 2. The van der Waals surface area contributed by atoms with Crippen LogP contribution in [0.1, 0.15) is 31.8 Å². The minimum atomic E-state index is -0.824. The Morgan fingerprint density at radius 1 is 0.844 bits per heavy atom. The fourth-order valence-electron chi connectivity index (χ4n) is 2.91. The lowest BCUT2D eigenvalue weighted by Gasteiger charge is -2.12. The largest absolute Gasteiger partial charge is 0.348 e. The highest BCUT2D eigenvalue weighted by Gasteiger charge is 2.21.